The Balaban J connectivity index is 2.32. The third kappa shape index (κ3) is 2.33. The fraction of sp³-hybridized carbons (Fsp3) is 0.0769. The third-order valence-corrected chi connectivity index (χ3v) is 2.32. The van der Waals surface area contributed by atoms with Crippen LogP contribution >= 0.6 is 0 Å². The lowest BCUT2D eigenvalue weighted by atomic mass is 10.2. The lowest BCUT2D eigenvalue weighted by Crippen LogP contribution is -1.96. The van der Waals surface area contributed by atoms with Gasteiger partial charge in [0.2, 0.25) is 5.88 Å². The van der Waals surface area contributed by atoms with Crippen LogP contribution in [0.1, 0.15) is 5.56 Å². The molecule has 0 saturated heterocycles. The highest BCUT2D eigenvalue weighted by molar-refractivity contribution is 5.57. The molecule has 0 amide bonds. The number of methoxy groups -OCH3 is 1. The first-order valence-corrected chi connectivity index (χ1v) is 5.21. The molecule has 18 heavy (non-hydrogen) atoms. The van der Waals surface area contributed by atoms with Crippen LogP contribution in [0.3, 0.4) is 0 Å². The maximum absolute atomic E-state index is 8.93. The molecule has 2 rings (SSSR count). The smallest absolute Gasteiger partial charge is 0.237 e. The highest BCUT2D eigenvalue weighted by Gasteiger charge is 2.08. The molecule has 0 aliphatic heterocycles. The second-order valence-corrected chi connectivity index (χ2v) is 3.47. The summed E-state index contributed by atoms with van der Waals surface area (Å²) in [5.74, 6) is 1.31. The average Bonchev–Trinajstić information content (AvgIpc) is 2.41. The Bertz CT molecular complexity index is 605. The summed E-state index contributed by atoms with van der Waals surface area (Å²) in [7, 11) is 1.56. The Labute approximate surface area is 104 Å². The number of aromatic nitrogens is 1. The van der Waals surface area contributed by atoms with Crippen LogP contribution in [0.4, 0.5) is 5.69 Å². The Hall–Kier alpha value is -2.74. The van der Waals surface area contributed by atoms with E-state index in [0.717, 1.165) is 0 Å². The van der Waals surface area contributed by atoms with Gasteiger partial charge in [0.25, 0.3) is 0 Å². The second kappa shape index (κ2) is 5.06. The van der Waals surface area contributed by atoms with Crippen molar-refractivity contribution in [3.8, 4) is 23.4 Å². The number of pyridine rings is 1. The molecule has 0 fully saturated rings. The van der Waals surface area contributed by atoms with Gasteiger partial charge in [0.1, 0.15) is 17.4 Å². The zero-order valence-electron chi connectivity index (χ0n) is 9.75. The van der Waals surface area contributed by atoms with Gasteiger partial charge < -0.3 is 15.2 Å². The normalized spacial score (nSPS) is 9.56. The summed E-state index contributed by atoms with van der Waals surface area (Å²) >= 11 is 0. The van der Waals surface area contributed by atoms with Crippen LogP contribution in [0.2, 0.25) is 0 Å². The second-order valence-electron chi connectivity index (χ2n) is 3.47. The minimum Gasteiger partial charge on any atom is -0.497 e. The van der Waals surface area contributed by atoms with Crippen molar-refractivity contribution in [1.82, 2.24) is 4.98 Å². The Kier molecular flexibility index (Phi) is 3.30. The van der Waals surface area contributed by atoms with Crippen LogP contribution in [-0.2, 0) is 0 Å². The molecule has 5 heteroatoms. The molecular formula is C13H11N3O2. The van der Waals surface area contributed by atoms with Gasteiger partial charge in [0.15, 0.2) is 5.75 Å². The summed E-state index contributed by atoms with van der Waals surface area (Å²) in [6.07, 6.45) is 1.55. The minimum absolute atomic E-state index is 0.233. The molecule has 1 heterocycles. The van der Waals surface area contributed by atoms with Gasteiger partial charge in [-0.2, -0.15) is 5.26 Å². The van der Waals surface area contributed by atoms with Crippen LogP contribution < -0.4 is 15.2 Å². The summed E-state index contributed by atoms with van der Waals surface area (Å²) in [6, 6.07) is 10.3. The van der Waals surface area contributed by atoms with Gasteiger partial charge >= 0.3 is 0 Å². The first-order chi connectivity index (χ1) is 8.74. The number of anilines is 1. The predicted octanol–water partition coefficient (Wildman–Crippen LogP) is 2.34. The topological polar surface area (TPSA) is 81.2 Å². The zero-order chi connectivity index (χ0) is 13.0. The largest absolute Gasteiger partial charge is 0.497 e. The number of ether oxygens (including phenoxy) is 2. The van der Waals surface area contributed by atoms with E-state index in [9.17, 15) is 0 Å². The number of hydrogen-bond acceptors (Lipinski definition) is 5. The molecule has 0 spiro atoms. The van der Waals surface area contributed by atoms with E-state index in [-0.39, 0.29) is 5.88 Å². The summed E-state index contributed by atoms with van der Waals surface area (Å²) < 4.78 is 10.6. The molecule has 0 aliphatic carbocycles. The highest BCUT2D eigenvalue weighted by Crippen LogP contribution is 2.30. The van der Waals surface area contributed by atoms with E-state index in [1.807, 2.05) is 6.07 Å². The number of benzene rings is 1. The van der Waals surface area contributed by atoms with E-state index >= 15 is 0 Å². The molecular weight excluding hydrogens is 230 g/mol. The molecule has 2 N–H and O–H groups in total. The van der Waals surface area contributed by atoms with Gasteiger partial charge in [-0.05, 0) is 24.3 Å². The van der Waals surface area contributed by atoms with E-state index in [1.165, 1.54) is 0 Å². The van der Waals surface area contributed by atoms with Crippen LogP contribution in [-0.4, -0.2) is 12.1 Å². The number of nitrogen functional groups attached to an aromatic ring is 1. The van der Waals surface area contributed by atoms with Gasteiger partial charge in [0.05, 0.1) is 12.8 Å². The molecule has 0 unspecified atom stereocenters. The van der Waals surface area contributed by atoms with Crippen LogP contribution in [0.15, 0.2) is 36.5 Å². The Morgan fingerprint density at radius 3 is 2.83 bits per heavy atom. The van der Waals surface area contributed by atoms with Crippen LogP contribution in [0.5, 0.6) is 17.4 Å². The summed E-state index contributed by atoms with van der Waals surface area (Å²) in [6.45, 7) is 0. The van der Waals surface area contributed by atoms with Gasteiger partial charge in [-0.3, -0.25) is 0 Å². The molecule has 2 aromatic rings. The number of nitrogens with two attached hydrogens (primary N) is 1. The lowest BCUT2D eigenvalue weighted by Gasteiger charge is -2.09. The lowest BCUT2D eigenvalue weighted by molar-refractivity contribution is 0.412. The van der Waals surface area contributed by atoms with Crippen molar-refractivity contribution in [3.63, 3.8) is 0 Å². The predicted molar refractivity (Wildman–Crippen MR) is 66.4 cm³/mol. The molecule has 1 aromatic carbocycles. The van der Waals surface area contributed by atoms with Gasteiger partial charge in [-0.15, -0.1) is 0 Å². The van der Waals surface area contributed by atoms with Crippen molar-refractivity contribution < 1.29 is 9.47 Å². The van der Waals surface area contributed by atoms with Gasteiger partial charge in [-0.25, -0.2) is 4.98 Å². The molecule has 0 bridgehead atoms. The van der Waals surface area contributed by atoms with Crippen molar-refractivity contribution in [2.75, 3.05) is 12.8 Å². The van der Waals surface area contributed by atoms with E-state index in [4.69, 9.17) is 20.5 Å². The van der Waals surface area contributed by atoms with Gasteiger partial charge in [0, 0.05) is 12.3 Å². The van der Waals surface area contributed by atoms with Crippen molar-refractivity contribution in [1.29, 1.82) is 5.26 Å². The van der Waals surface area contributed by atoms with E-state index < -0.39 is 0 Å². The molecule has 0 aliphatic rings. The molecule has 5 nitrogen and oxygen atoms in total. The third-order valence-electron chi connectivity index (χ3n) is 2.32. The number of hydrogen-bond donors (Lipinski definition) is 1. The van der Waals surface area contributed by atoms with Crippen molar-refractivity contribution in [2.45, 2.75) is 0 Å². The quantitative estimate of drug-likeness (QED) is 0.834. The molecule has 0 saturated carbocycles. The standard InChI is InChI=1S/C13H11N3O2/c1-17-10-4-5-12(11(15)7-10)18-13-9(8-14)3-2-6-16-13/h2-7H,15H2,1H3. The highest BCUT2D eigenvalue weighted by atomic mass is 16.5. The first-order valence-electron chi connectivity index (χ1n) is 5.21. The first kappa shape index (κ1) is 11.7. The minimum atomic E-state index is 0.233. The van der Waals surface area contributed by atoms with Crippen molar-refractivity contribution in [3.05, 3.63) is 42.1 Å². The monoisotopic (exact) mass is 241 g/mol. The summed E-state index contributed by atoms with van der Waals surface area (Å²) in [5.41, 5.74) is 6.60. The SMILES string of the molecule is COc1ccc(Oc2ncccc2C#N)c(N)c1. The van der Waals surface area contributed by atoms with Crippen molar-refractivity contribution in [2.24, 2.45) is 0 Å². The fourth-order valence-corrected chi connectivity index (χ4v) is 1.41. The van der Waals surface area contributed by atoms with Crippen molar-refractivity contribution >= 4 is 5.69 Å². The average molecular weight is 241 g/mol. The molecule has 0 atom stereocenters. The summed E-state index contributed by atoms with van der Waals surface area (Å²) in [5, 5.41) is 8.93. The van der Waals surface area contributed by atoms with Crippen LogP contribution in [0, 0.1) is 11.3 Å². The number of nitriles is 1. The Morgan fingerprint density at radius 2 is 2.17 bits per heavy atom. The van der Waals surface area contributed by atoms with E-state index in [2.05, 4.69) is 4.98 Å². The van der Waals surface area contributed by atoms with Gasteiger partial charge in [-0.1, -0.05) is 0 Å². The fourth-order valence-electron chi connectivity index (χ4n) is 1.41. The molecule has 1 aromatic heterocycles. The van der Waals surface area contributed by atoms with E-state index in [0.29, 0.717) is 22.7 Å². The number of rotatable bonds is 3. The maximum atomic E-state index is 8.93. The molecule has 0 radical (unpaired) electrons. The zero-order valence-corrected chi connectivity index (χ0v) is 9.75. The molecule has 90 valence electrons. The van der Waals surface area contributed by atoms with E-state index in [1.54, 1.807) is 43.6 Å². The Morgan fingerprint density at radius 1 is 1.33 bits per heavy atom. The number of nitrogens with zero attached hydrogens (tertiary/aromatic N) is 2. The van der Waals surface area contributed by atoms with Crippen LogP contribution in [0.25, 0.3) is 0 Å². The summed E-state index contributed by atoms with van der Waals surface area (Å²) in [4.78, 5) is 4.00. The maximum Gasteiger partial charge on any atom is 0.237 e.